The molecular formula is C42H60N8O9. The number of hydrogen-bond donors (Lipinski definition) is 8. The number of nitrogens with zero attached hydrogens (tertiary/aromatic N) is 1. The maximum absolute atomic E-state index is 14.5. The van der Waals surface area contributed by atoms with Crippen molar-refractivity contribution in [3.8, 4) is 0 Å². The molecule has 0 bridgehead atoms. The fourth-order valence-corrected chi connectivity index (χ4v) is 6.96. The summed E-state index contributed by atoms with van der Waals surface area (Å²) in [5, 5.41) is 22.6. The first-order valence-electron chi connectivity index (χ1n) is 20.2. The van der Waals surface area contributed by atoms with E-state index in [0.29, 0.717) is 32.2 Å². The molecule has 1 fully saturated rings. The quantitative estimate of drug-likeness (QED) is 0.0677. The van der Waals surface area contributed by atoms with Gasteiger partial charge in [0.05, 0.1) is 0 Å². The van der Waals surface area contributed by atoms with Crippen molar-refractivity contribution in [2.24, 2.45) is 17.4 Å². The van der Waals surface area contributed by atoms with E-state index in [4.69, 9.17) is 16.6 Å². The van der Waals surface area contributed by atoms with Crippen LogP contribution in [0.25, 0.3) is 0 Å². The molecular weight excluding hydrogens is 761 g/mol. The van der Waals surface area contributed by atoms with Crippen molar-refractivity contribution in [2.75, 3.05) is 13.1 Å². The molecule has 3 rings (SSSR count). The number of carboxylic acid groups (broad SMARTS) is 1. The molecule has 59 heavy (non-hydrogen) atoms. The molecule has 10 N–H and O–H groups in total. The lowest BCUT2D eigenvalue weighted by Gasteiger charge is -2.31. The zero-order chi connectivity index (χ0) is 43.5. The minimum absolute atomic E-state index is 0.0547. The number of unbranched alkanes of at least 4 members (excludes halogenated alkanes) is 1. The average molecular weight is 821 g/mol. The SMILES string of the molecule is CC(=O)N[C@@H](CCCCN)C(=O)N[C@@H](Cc1ccccc1)C(=O)N[C@@H](Cc1ccccc1)C(=O)N1CCC[C@H]1C(=O)N[C@@H](CC(C)C)C(=O)N[C@@H](CCC(=O)O)C(N)=O. The summed E-state index contributed by atoms with van der Waals surface area (Å²) in [6.07, 6.45) is 1.85. The molecule has 0 aromatic heterocycles. The summed E-state index contributed by atoms with van der Waals surface area (Å²) in [6.45, 7) is 5.56. The second-order valence-electron chi connectivity index (χ2n) is 15.3. The van der Waals surface area contributed by atoms with Crippen molar-refractivity contribution in [2.45, 2.75) is 121 Å². The third-order valence-electron chi connectivity index (χ3n) is 9.94. The first-order chi connectivity index (χ1) is 28.1. The van der Waals surface area contributed by atoms with Crippen molar-refractivity contribution in [3.63, 3.8) is 0 Å². The number of carbonyl (C=O) groups is 8. The maximum Gasteiger partial charge on any atom is 0.303 e. The highest BCUT2D eigenvalue weighted by Gasteiger charge is 2.40. The van der Waals surface area contributed by atoms with Gasteiger partial charge in [0.15, 0.2) is 0 Å². The zero-order valence-corrected chi connectivity index (χ0v) is 34.1. The van der Waals surface area contributed by atoms with Gasteiger partial charge in [-0.25, -0.2) is 0 Å². The minimum atomic E-state index is -1.28. The molecule has 0 saturated carbocycles. The predicted octanol–water partition coefficient (Wildman–Crippen LogP) is 0.432. The van der Waals surface area contributed by atoms with Crippen LogP contribution in [0.5, 0.6) is 0 Å². The molecule has 1 aliphatic heterocycles. The van der Waals surface area contributed by atoms with Crippen LogP contribution in [-0.2, 0) is 51.2 Å². The summed E-state index contributed by atoms with van der Waals surface area (Å²) in [5.74, 6) is -5.71. The monoisotopic (exact) mass is 820 g/mol. The standard InChI is InChI=1S/C42H60N8O9/c1-26(2)23-32(39(56)46-30(37(44)54)19-20-36(52)53)48-41(58)35-18-12-22-50(35)42(59)34(25-29-15-8-5-9-16-29)49-40(57)33(24-28-13-6-4-7-14-28)47-38(55)31(45-27(3)51)17-10-11-21-43/h4-9,13-16,26,30-35H,10-12,17-25,43H2,1-3H3,(H2,44,54)(H,45,51)(H,46,56)(H,47,55)(H,48,58)(H,49,57)(H,52,53)/t30-,31-,32-,33-,34-,35-/m0/s1. The van der Waals surface area contributed by atoms with Crippen LogP contribution in [0, 0.1) is 5.92 Å². The summed E-state index contributed by atoms with van der Waals surface area (Å²) >= 11 is 0. The number of carbonyl (C=O) groups excluding carboxylic acids is 7. The number of nitrogens with one attached hydrogen (secondary N) is 5. The summed E-state index contributed by atoms with van der Waals surface area (Å²) in [4.78, 5) is 106. The second kappa shape index (κ2) is 24.2. The van der Waals surface area contributed by atoms with E-state index in [0.717, 1.165) is 11.1 Å². The first-order valence-corrected chi connectivity index (χ1v) is 20.2. The molecule has 0 aliphatic carbocycles. The van der Waals surface area contributed by atoms with Crippen LogP contribution >= 0.6 is 0 Å². The predicted molar refractivity (Wildman–Crippen MR) is 219 cm³/mol. The van der Waals surface area contributed by atoms with Gasteiger partial charge >= 0.3 is 5.97 Å². The number of nitrogens with two attached hydrogens (primary N) is 2. The van der Waals surface area contributed by atoms with E-state index in [9.17, 15) is 38.4 Å². The van der Waals surface area contributed by atoms with Crippen molar-refractivity contribution in [3.05, 3.63) is 71.8 Å². The lowest BCUT2D eigenvalue weighted by atomic mass is 10.0. The molecule has 2 aromatic rings. The highest BCUT2D eigenvalue weighted by atomic mass is 16.4. The van der Waals surface area contributed by atoms with Crippen LogP contribution in [0.2, 0.25) is 0 Å². The van der Waals surface area contributed by atoms with E-state index in [1.807, 2.05) is 26.0 Å². The maximum atomic E-state index is 14.5. The van der Waals surface area contributed by atoms with E-state index in [1.165, 1.54) is 11.8 Å². The van der Waals surface area contributed by atoms with E-state index in [2.05, 4.69) is 26.6 Å². The van der Waals surface area contributed by atoms with Gasteiger partial charge in [0.25, 0.3) is 0 Å². The third-order valence-corrected chi connectivity index (χ3v) is 9.94. The molecule has 1 heterocycles. The van der Waals surface area contributed by atoms with E-state index in [-0.39, 0.29) is 44.6 Å². The van der Waals surface area contributed by atoms with Crippen molar-refractivity contribution in [1.29, 1.82) is 0 Å². The number of rotatable bonds is 24. The minimum Gasteiger partial charge on any atom is -0.481 e. The van der Waals surface area contributed by atoms with Gasteiger partial charge in [-0.15, -0.1) is 0 Å². The van der Waals surface area contributed by atoms with Crippen LogP contribution in [0.15, 0.2) is 60.7 Å². The molecule has 7 amide bonds. The Morgan fingerprint density at radius 1 is 0.712 bits per heavy atom. The van der Waals surface area contributed by atoms with Gasteiger partial charge in [0.1, 0.15) is 36.3 Å². The number of aliphatic carboxylic acids is 1. The van der Waals surface area contributed by atoms with Crippen molar-refractivity contribution >= 4 is 47.3 Å². The zero-order valence-electron chi connectivity index (χ0n) is 34.1. The van der Waals surface area contributed by atoms with Gasteiger partial charge in [0.2, 0.25) is 41.4 Å². The molecule has 2 aromatic carbocycles. The van der Waals surface area contributed by atoms with Gasteiger partial charge in [-0.3, -0.25) is 38.4 Å². The number of amides is 7. The summed E-state index contributed by atoms with van der Waals surface area (Å²) < 4.78 is 0. The number of hydrogen-bond acceptors (Lipinski definition) is 9. The Kier molecular flexibility index (Phi) is 19.5. The topological polar surface area (TPSA) is 272 Å². The smallest absolute Gasteiger partial charge is 0.303 e. The summed E-state index contributed by atoms with van der Waals surface area (Å²) in [7, 11) is 0. The van der Waals surface area contributed by atoms with Crippen molar-refractivity contribution in [1.82, 2.24) is 31.5 Å². The average Bonchev–Trinajstić information content (AvgIpc) is 3.69. The highest BCUT2D eigenvalue weighted by molar-refractivity contribution is 5.97. The first kappa shape index (κ1) is 47.5. The van der Waals surface area contributed by atoms with E-state index < -0.39 is 90.0 Å². The normalized spacial score (nSPS) is 16.2. The molecule has 322 valence electrons. The molecule has 17 heteroatoms. The molecule has 0 unspecified atom stereocenters. The number of primary amides is 1. The Hall–Kier alpha value is -5.84. The molecule has 17 nitrogen and oxygen atoms in total. The fourth-order valence-electron chi connectivity index (χ4n) is 6.96. The highest BCUT2D eigenvalue weighted by Crippen LogP contribution is 2.21. The van der Waals surface area contributed by atoms with Gasteiger partial charge in [-0.2, -0.15) is 0 Å². The van der Waals surface area contributed by atoms with Crippen LogP contribution in [0.1, 0.15) is 83.3 Å². The number of carboxylic acids is 1. The Labute approximate surface area is 345 Å². The Bertz CT molecular complexity index is 1740. The van der Waals surface area contributed by atoms with E-state index in [1.54, 1.807) is 48.5 Å². The van der Waals surface area contributed by atoms with Crippen LogP contribution in [0.3, 0.4) is 0 Å². The molecule has 0 radical (unpaired) electrons. The van der Waals surface area contributed by atoms with Gasteiger partial charge in [-0.05, 0) is 68.5 Å². The molecule has 1 saturated heterocycles. The third kappa shape index (κ3) is 16.1. The van der Waals surface area contributed by atoms with Crippen LogP contribution < -0.4 is 38.1 Å². The molecule has 1 aliphatic rings. The van der Waals surface area contributed by atoms with Gasteiger partial charge in [0, 0.05) is 32.7 Å². The van der Waals surface area contributed by atoms with Crippen LogP contribution in [-0.4, -0.2) is 107 Å². The van der Waals surface area contributed by atoms with Gasteiger partial charge in [-0.1, -0.05) is 74.5 Å². The largest absolute Gasteiger partial charge is 0.481 e. The summed E-state index contributed by atoms with van der Waals surface area (Å²) in [6, 6.07) is 11.3. The Balaban J connectivity index is 1.89. The lowest BCUT2D eigenvalue weighted by molar-refractivity contribution is -0.142. The Morgan fingerprint density at radius 2 is 1.25 bits per heavy atom. The fraction of sp³-hybridized carbons (Fsp3) is 0.524. The van der Waals surface area contributed by atoms with Crippen molar-refractivity contribution < 1.29 is 43.5 Å². The lowest BCUT2D eigenvalue weighted by Crippen LogP contribution is -2.60. The molecule has 0 spiro atoms. The summed E-state index contributed by atoms with van der Waals surface area (Å²) in [5.41, 5.74) is 12.5. The van der Waals surface area contributed by atoms with E-state index >= 15 is 0 Å². The van der Waals surface area contributed by atoms with Crippen LogP contribution in [0.4, 0.5) is 0 Å². The van der Waals surface area contributed by atoms with Gasteiger partial charge < -0.3 is 48.1 Å². The Morgan fingerprint density at radius 3 is 1.80 bits per heavy atom. The number of benzene rings is 2. The second-order valence-corrected chi connectivity index (χ2v) is 15.3. The number of likely N-dealkylation sites (tertiary alicyclic amines) is 1. The molecule has 6 atom stereocenters.